The van der Waals surface area contributed by atoms with Crippen LogP contribution in [0.25, 0.3) is 0 Å². The molecule has 0 unspecified atom stereocenters. The Hall–Kier alpha value is -3.37. The van der Waals surface area contributed by atoms with Crippen LogP contribution in [-0.2, 0) is 17.5 Å². The van der Waals surface area contributed by atoms with E-state index < -0.39 is 0 Å². The second kappa shape index (κ2) is 14.0. The second-order valence-electron chi connectivity index (χ2n) is 11.3. The molecule has 0 radical (unpaired) electrons. The van der Waals surface area contributed by atoms with Gasteiger partial charge in [0.1, 0.15) is 23.9 Å². The standard InChI is InChI=1S/C37H41O3S/c1-4-10-29(11-5-1)28-38-30-16-22-35(23-17-30)41(36-24-18-33(19-25-36)39-31-12-6-2-7-13-31)37-26-20-34(21-27-37)40-32-14-8-3-9-15-32/h1,4-5,10-11,16-27,31-32H,2-3,6-9,12-15,28H2/q+1. The van der Waals surface area contributed by atoms with E-state index in [1.807, 2.05) is 18.2 Å². The zero-order chi connectivity index (χ0) is 27.7. The van der Waals surface area contributed by atoms with E-state index in [2.05, 4.69) is 84.9 Å². The lowest BCUT2D eigenvalue weighted by Crippen LogP contribution is -2.19. The summed E-state index contributed by atoms with van der Waals surface area (Å²) in [6, 6.07) is 36.5. The zero-order valence-electron chi connectivity index (χ0n) is 23.9. The van der Waals surface area contributed by atoms with Gasteiger partial charge in [-0.15, -0.1) is 0 Å². The summed E-state index contributed by atoms with van der Waals surface area (Å²) in [5.74, 6) is 2.84. The van der Waals surface area contributed by atoms with Gasteiger partial charge in [0, 0.05) is 0 Å². The van der Waals surface area contributed by atoms with Crippen LogP contribution in [0.5, 0.6) is 17.2 Å². The largest absolute Gasteiger partial charge is 0.490 e. The molecule has 0 spiro atoms. The molecule has 41 heavy (non-hydrogen) atoms. The number of hydrogen-bond acceptors (Lipinski definition) is 3. The molecule has 2 aliphatic carbocycles. The first-order chi connectivity index (χ1) is 20.3. The van der Waals surface area contributed by atoms with Crippen molar-refractivity contribution in [3.63, 3.8) is 0 Å². The van der Waals surface area contributed by atoms with Crippen molar-refractivity contribution in [2.75, 3.05) is 0 Å². The first kappa shape index (κ1) is 27.8. The molecule has 0 atom stereocenters. The summed E-state index contributed by atoms with van der Waals surface area (Å²) in [7, 11) is -0.259. The third-order valence-corrected chi connectivity index (χ3v) is 10.4. The van der Waals surface area contributed by atoms with E-state index in [1.54, 1.807) is 0 Å². The second-order valence-corrected chi connectivity index (χ2v) is 13.3. The molecule has 212 valence electrons. The molecule has 6 rings (SSSR count). The lowest BCUT2D eigenvalue weighted by molar-refractivity contribution is 0.155. The van der Waals surface area contributed by atoms with Gasteiger partial charge in [0.15, 0.2) is 14.7 Å². The SMILES string of the molecule is c1ccc(COc2ccc([S+](c3ccc(OC4CCCCC4)cc3)c3ccc(OC4CCCCC4)cc3)cc2)cc1. The Labute approximate surface area is 248 Å². The smallest absolute Gasteiger partial charge is 0.166 e. The summed E-state index contributed by atoms with van der Waals surface area (Å²) in [6.07, 6.45) is 13.1. The van der Waals surface area contributed by atoms with E-state index in [0.717, 1.165) is 17.2 Å². The molecule has 4 aromatic carbocycles. The lowest BCUT2D eigenvalue weighted by atomic mass is 9.98. The monoisotopic (exact) mass is 565 g/mol. The molecular weight excluding hydrogens is 524 g/mol. The van der Waals surface area contributed by atoms with Crippen molar-refractivity contribution in [2.24, 2.45) is 0 Å². The van der Waals surface area contributed by atoms with Gasteiger partial charge in [0.25, 0.3) is 0 Å². The summed E-state index contributed by atoms with van der Waals surface area (Å²) in [6.45, 7) is 0.566. The van der Waals surface area contributed by atoms with Gasteiger partial charge in [-0.05, 0) is 130 Å². The molecule has 0 amide bonds. The van der Waals surface area contributed by atoms with Crippen molar-refractivity contribution in [1.29, 1.82) is 0 Å². The normalized spacial score (nSPS) is 16.4. The quantitative estimate of drug-likeness (QED) is 0.179. The maximum Gasteiger partial charge on any atom is 0.166 e. The molecule has 2 fully saturated rings. The molecular formula is C37H41O3S+. The van der Waals surface area contributed by atoms with E-state index in [0.29, 0.717) is 18.8 Å². The summed E-state index contributed by atoms with van der Waals surface area (Å²) in [5, 5.41) is 0. The zero-order valence-corrected chi connectivity index (χ0v) is 24.7. The molecule has 0 N–H and O–H groups in total. The summed E-state index contributed by atoms with van der Waals surface area (Å²) in [5.41, 5.74) is 1.17. The van der Waals surface area contributed by atoms with Crippen molar-refractivity contribution < 1.29 is 14.2 Å². The van der Waals surface area contributed by atoms with Crippen molar-refractivity contribution in [3.8, 4) is 17.2 Å². The molecule has 4 aromatic rings. The van der Waals surface area contributed by atoms with E-state index in [-0.39, 0.29) is 10.9 Å². The predicted molar refractivity (Wildman–Crippen MR) is 167 cm³/mol. The van der Waals surface area contributed by atoms with Gasteiger partial charge in [-0.1, -0.05) is 43.2 Å². The van der Waals surface area contributed by atoms with Gasteiger partial charge >= 0.3 is 0 Å². The number of ether oxygens (including phenoxy) is 3. The van der Waals surface area contributed by atoms with Crippen LogP contribution in [0, 0.1) is 0 Å². The highest BCUT2D eigenvalue weighted by Crippen LogP contribution is 2.35. The van der Waals surface area contributed by atoms with E-state index >= 15 is 0 Å². The molecule has 0 saturated heterocycles. The van der Waals surface area contributed by atoms with Gasteiger partial charge in [-0.2, -0.15) is 0 Å². The number of benzene rings is 4. The Morgan fingerprint density at radius 1 is 0.463 bits per heavy atom. The van der Waals surface area contributed by atoms with E-state index in [9.17, 15) is 0 Å². The molecule has 2 aliphatic rings. The first-order valence-electron chi connectivity index (χ1n) is 15.3. The van der Waals surface area contributed by atoms with Gasteiger partial charge in [0.05, 0.1) is 23.1 Å². The maximum absolute atomic E-state index is 6.34. The molecule has 0 aliphatic heterocycles. The fraction of sp³-hybridized carbons (Fsp3) is 0.351. The van der Waals surface area contributed by atoms with Crippen LogP contribution < -0.4 is 14.2 Å². The maximum atomic E-state index is 6.34. The Morgan fingerprint density at radius 3 is 1.32 bits per heavy atom. The number of rotatable bonds is 10. The summed E-state index contributed by atoms with van der Waals surface area (Å²) < 4.78 is 18.8. The molecule has 2 saturated carbocycles. The Balaban J connectivity index is 1.21. The van der Waals surface area contributed by atoms with Crippen LogP contribution in [-0.4, -0.2) is 12.2 Å². The van der Waals surface area contributed by atoms with Gasteiger partial charge in [-0.3, -0.25) is 0 Å². The summed E-state index contributed by atoms with van der Waals surface area (Å²) >= 11 is 0. The van der Waals surface area contributed by atoms with Crippen LogP contribution in [0.4, 0.5) is 0 Å². The molecule has 0 bridgehead atoms. The summed E-state index contributed by atoms with van der Waals surface area (Å²) in [4.78, 5) is 3.82. The van der Waals surface area contributed by atoms with E-state index in [1.165, 1.54) is 84.5 Å². The molecule has 0 aromatic heterocycles. The fourth-order valence-electron chi connectivity index (χ4n) is 5.88. The number of hydrogen-bond donors (Lipinski definition) is 0. The highest BCUT2D eigenvalue weighted by Gasteiger charge is 2.29. The first-order valence-corrected chi connectivity index (χ1v) is 16.6. The van der Waals surface area contributed by atoms with Crippen molar-refractivity contribution in [3.05, 3.63) is 109 Å². The average molecular weight is 566 g/mol. The van der Waals surface area contributed by atoms with Crippen LogP contribution in [0.15, 0.2) is 118 Å². The third kappa shape index (κ3) is 7.68. The highest BCUT2D eigenvalue weighted by atomic mass is 32.2. The van der Waals surface area contributed by atoms with Crippen LogP contribution in [0.2, 0.25) is 0 Å². The van der Waals surface area contributed by atoms with Crippen molar-refractivity contribution in [1.82, 2.24) is 0 Å². The Bertz CT molecular complexity index is 1260. The molecule has 4 heteroatoms. The molecule has 3 nitrogen and oxygen atoms in total. The van der Waals surface area contributed by atoms with Crippen LogP contribution >= 0.6 is 0 Å². The van der Waals surface area contributed by atoms with E-state index in [4.69, 9.17) is 14.2 Å². The third-order valence-electron chi connectivity index (χ3n) is 8.14. The predicted octanol–water partition coefficient (Wildman–Crippen LogP) is 9.78. The van der Waals surface area contributed by atoms with Gasteiger partial charge in [0.2, 0.25) is 0 Å². The van der Waals surface area contributed by atoms with Crippen molar-refractivity contribution >= 4 is 10.9 Å². The fourth-order valence-corrected chi connectivity index (χ4v) is 7.92. The van der Waals surface area contributed by atoms with Gasteiger partial charge < -0.3 is 14.2 Å². The lowest BCUT2D eigenvalue weighted by Gasteiger charge is -2.23. The minimum atomic E-state index is -0.259. The van der Waals surface area contributed by atoms with Gasteiger partial charge in [-0.25, -0.2) is 0 Å². The average Bonchev–Trinajstić information content (AvgIpc) is 3.04. The Morgan fingerprint density at radius 2 is 0.878 bits per heavy atom. The molecule has 0 heterocycles. The van der Waals surface area contributed by atoms with Crippen molar-refractivity contribution in [2.45, 2.75) is 97.7 Å². The topological polar surface area (TPSA) is 27.7 Å². The van der Waals surface area contributed by atoms with Crippen LogP contribution in [0.3, 0.4) is 0 Å². The minimum Gasteiger partial charge on any atom is -0.490 e. The van der Waals surface area contributed by atoms with Crippen LogP contribution in [0.1, 0.15) is 69.8 Å². The highest BCUT2D eigenvalue weighted by molar-refractivity contribution is 7.97. The Kier molecular flexibility index (Phi) is 9.49. The minimum absolute atomic E-state index is 0.259.